The molecule has 15 heavy (non-hydrogen) atoms. The summed E-state index contributed by atoms with van der Waals surface area (Å²) in [6.07, 6.45) is 2.98. The van der Waals surface area contributed by atoms with Gasteiger partial charge < -0.3 is 10.4 Å². The lowest BCUT2D eigenvalue weighted by molar-refractivity contribution is 0.0920. The van der Waals surface area contributed by atoms with E-state index in [1.165, 1.54) is 11.8 Å². The summed E-state index contributed by atoms with van der Waals surface area (Å²) >= 11 is 1.42. The molecule has 0 fully saturated rings. The highest BCUT2D eigenvalue weighted by Crippen LogP contribution is 2.16. The molecule has 1 aromatic rings. The zero-order valence-corrected chi connectivity index (χ0v) is 9.54. The minimum absolute atomic E-state index is 0.201. The number of aromatic nitrogens is 1. The lowest BCUT2D eigenvalue weighted by Gasteiger charge is -2.08. The van der Waals surface area contributed by atoms with E-state index in [9.17, 15) is 4.79 Å². The molecule has 0 spiro atoms. The molecule has 0 saturated carbocycles. The van der Waals surface area contributed by atoms with Crippen molar-refractivity contribution in [1.82, 2.24) is 10.3 Å². The van der Waals surface area contributed by atoms with Gasteiger partial charge in [0.05, 0.1) is 11.7 Å². The van der Waals surface area contributed by atoms with Crippen LogP contribution in [0, 0.1) is 0 Å². The van der Waals surface area contributed by atoms with E-state index in [1.807, 2.05) is 6.26 Å². The first-order chi connectivity index (χ1) is 7.15. The number of nitrogens with zero attached hydrogens (tertiary/aromatic N) is 1. The topological polar surface area (TPSA) is 62.2 Å². The van der Waals surface area contributed by atoms with Crippen molar-refractivity contribution in [3.8, 4) is 0 Å². The molecule has 0 aromatic carbocycles. The fraction of sp³-hybridized carbons (Fsp3) is 0.400. The van der Waals surface area contributed by atoms with Crippen LogP contribution in [0.4, 0.5) is 0 Å². The maximum Gasteiger partial charge on any atom is 0.254 e. The molecule has 0 aliphatic heterocycles. The van der Waals surface area contributed by atoms with Gasteiger partial charge in [0.25, 0.3) is 5.91 Å². The number of amides is 1. The summed E-state index contributed by atoms with van der Waals surface area (Å²) in [6.45, 7) is 1.88. The van der Waals surface area contributed by atoms with E-state index in [0.717, 1.165) is 0 Å². The van der Waals surface area contributed by atoms with Crippen LogP contribution in [-0.4, -0.2) is 34.9 Å². The molecule has 0 bridgehead atoms. The van der Waals surface area contributed by atoms with Crippen LogP contribution in [0.3, 0.4) is 0 Å². The van der Waals surface area contributed by atoms with E-state index in [-0.39, 0.29) is 12.5 Å². The average molecular weight is 226 g/mol. The summed E-state index contributed by atoms with van der Waals surface area (Å²) in [4.78, 5) is 15.7. The van der Waals surface area contributed by atoms with E-state index in [1.54, 1.807) is 25.3 Å². The molecule has 5 heteroatoms. The standard InChI is InChI=1S/C10H14N2O2S/c1-7(13)6-12-9(14)8-4-3-5-11-10(8)15-2/h3-5,7,13H,6H2,1-2H3,(H,12,14)/t7-/m1/s1. The SMILES string of the molecule is CSc1ncccc1C(=O)NC[C@@H](C)O. The smallest absolute Gasteiger partial charge is 0.254 e. The zero-order valence-electron chi connectivity index (χ0n) is 8.73. The first-order valence-corrected chi connectivity index (χ1v) is 5.83. The fourth-order valence-corrected chi connectivity index (χ4v) is 1.61. The van der Waals surface area contributed by atoms with Crippen LogP contribution < -0.4 is 5.32 Å². The molecule has 0 aliphatic rings. The van der Waals surface area contributed by atoms with Gasteiger partial charge in [-0.25, -0.2) is 4.98 Å². The zero-order chi connectivity index (χ0) is 11.3. The first-order valence-electron chi connectivity index (χ1n) is 4.60. The highest BCUT2D eigenvalue weighted by molar-refractivity contribution is 7.98. The van der Waals surface area contributed by atoms with Gasteiger partial charge in [-0.05, 0) is 25.3 Å². The van der Waals surface area contributed by atoms with Crippen LogP contribution in [0.25, 0.3) is 0 Å². The van der Waals surface area contributed by atoms with Gasteiger partial charge in [0.15, 0.2) is 0 Å². The number of rotatable bonds is 4. The van der Waals surface area contributed by atoms with Gasteiger partial charge in [-0.2, -0.15) is 0 Å². The molecule has 1 atom stereocenters. The Labute approximate surface area is 93.1 Å². The minimum Gasteiger partial charge on any atom is -0.392 e. The summed E-state index contributed by atoms with van der Waals surface area (Å²) in [7, 11) is 0. The van der Waals surface area contributed by atoms with E-state index < -0.39 is 6.10 Å². The number of hydrogen-bond acceptors (Lipinski definition) is 4. The van der Waals surface area contributed by atoms with Crippen LogP contribution in [-0.2, 0) is 0 Å². The van der Waals surface area contributed by atoms with Crippen molar-refractivity contribution < 1.29 is 9.90 Å². The monoisotopic (exact) mass is 226 g/mol. The normalized spacial score (nSPS) is 12.2. The average Bonchev–Trinajstić information content (AvgIpc) is 2.25. The van der Waals surface area contributed by atoms with E-state index in [0.29, 0.717) is 10.6 Å². The Kier molecular flexibility index (Phi) is 4.58. The van der Waals surface area contributed by atoms with Crippen LogP contribution in [0.5, 0.6) is 0 Å². The van der Waals surface area contributed by atoms with Crippen LogP contribution >= 0.6 is 11.8 Å². The molecule has 4 nitrogen and oxygen atoms in total. The molecular weight excluding hydrogens is 212 g/mol. The van der Waals surface area contributed by atoms with Crippen LogP contribution in [0.15, 0.2) is 23.4 Å². The van der Waals surface area contributed by atoms with Crippen molar-refractivity contribution in [3.05, 3.63) is 23.9 Å². The van der Waals surface area contributed by atoms with Crippen molar-refractivity contribution in [3.63, 3.8) is 0 Å². The van der Waals surface area contributed by atoms with Gasteiger partial charge in [-0.15, -0.1) is 11.8 Å². The van der Waals surface area contributed by atoms with Crippen molar-refractivity contribution in [2.24, 2.45) is 0 Å². The second-order valence-corrected chi connectivity index (χ2v) is 3.91. The van der Waals surface area contributed by atoms with Gasteiger partial charge in [-0.3, -0.25) is 4.79 Å². The third-order valence-electron chi connectivity index (χ3n) is 1.77. The van der Waals surface area contributed by atoms with Crippen molar-refractivity contribution in [1.29, 1.82) is 0 Å². The third-order valence-corrected chi connectivity index (χ3v) is 2.48. The number of aliphatic hydroxyl groups is 1. The Hall–Kier alpha value is -1.07. The third kappa shape index (κ3) is 3.53. The minimum atomic E-state index is -0.539. The molecule has 1 rings (SSSR count). The predicted molar refractivity (Wildman–Crippen MR) is 60.0 cm³/mol. The van der Waals surface area contributed by atoms with Crippen molar-refractivity contribution >= 4 is 17.7 Å². The van der Waals surface area contributed by atoms with Crippen molar-refractivity contribution in [2.75, 3.05) is 12.8 Å². The summed E-state index contributed by atoms with van der Waals surface area (Å²) in [6, 6.07) is 3.44. The second-order valence-electron chi connectivity index (χ2n) is 3.12. The number of pyridine rings is 1. The molecule has 1 heterocycles. The fourth-order valence-electron chi connectivity index (χ4n) is 1.06. The van der Waals surface area contributed by atoms with E-state index in [4.69, 9.17) is 5.11 Å². The molecule has 82 valence electrons. The molecule has 0 unspecified atom stereocenters. The highest BCUT2D eigenvalue weighted by atomic mass is 32.2. The lowest BCUT2D eigenvalue weighted by atomic mass is 10.2. The molecule has 0 aliphatic carbocycles. The van der Waals surface area contributed by atoms with Gasteiger partial charge in [0.2, 0.25) is 0 Å². The van der Waals surface area contributed by atoms with E-state index in [2.05, 4.69) is 10.3 Å². The summed E-state index contributed by atoms with van der Waals surface area (Å²) in [5.74, 6) is -0.201. The molecule has 1 aromatic heterocycles. The lowest BCUT2D eigenvalue weighted by Crippen LogP contribution is -2.30. The number of nitrogens with one attached hydrogen (secondary N) is 1. The number of aliphatic hydroxyl groups excluding tert-OH is 1. The summed E-state index contributed by atoms with van der Waals surface area (Å²) < 4.78 is 0. The van der Waals surface area contributed by atoms with Gasteiger partial charge >= 0.3 is 0 Å². The van der Waals surface area contributed by atoms with Gasteiger partial charge in [0, 0.05) is 12.7 Å². The molecule has 0 radical (unpaired) electrons. The summed E-state index contributed by atoms with van der Waals surface area (Å²) in [5.41, 5.74) is 0.547. The second kappa shape index (κ2) is 5.72. The number of carbonyl (C=O) groups excluding carboxylic acids is 1. The molecule has 2 N–H and O–H groups in total. The Balaban J connectivity index is 2.72. The Bertz CT molecular complexity index is 342. The van der Waals surface area contributed by atoms with Crippen LogP contribution in [0.1, 0.15) is 17.3 Å². The number of carbonyl (C=O) groups is 1. The van der Waals surface area contributed by atoms with E-state index >= 15 is 0 Å². The Morgan fingerprint density at radius 2 is 2.47 bits per heavy atom. The number of hydrogen-bond donors (Lipinski definition) is 2. The van der Waals surface area contributed by atoms with Gasteiger partial charge in [0.1, 0.15) is 5.03 Å². The molecular formula is C10H14N2O2S. The van der Waals surface area contributed by atoms with Crippen LogP contribution in [0.2, 0.25) is 0 Å². The largest absolute Gasteiger partial charge is 0.392 e. The quantitative estimate of drug-likeness (QED) is 0.749. The number of thioether (sulfide) groups is 1. The Morgan fingerprint density at radius 3 is 3.07 bits per heavy atom. The Morgan fingerprint density at radius 1 is 1.73 bits per heavy atom. The summed E-state index contributed by atoms with van der Waals surface area (Å²) in [5, 5.41) is 12.4. The highest BCUT2D eigenvalue weighted by Gasteiger charge is 2.11. The first kappa shape index (κ1) is 12.0. The van der Waals surface area contributed by atoms with Crippen molar-refractivity contribution in [2.45, 2.75) is 18.1 Å². The maximum atomic E-state index is 11.7. The molecule has 1 amide bonds. The predicted octanol–water partition coefficient (Wildman–Crippen LogP) is 0.914. The maximum absolute atomic E-state index is 11.7. The molecule has 0 saturated heterocycles. The van der Waals surface area contributed by atoms with Gasteiger partial charge in [-0.1, -0.05) is 0 Å².